The highest BCUT2D eigenvalue weighted by Gasteiger charge is 2.29. The molecule has 2 aliphatic heterocycles. The quantitative estimate of drug-likeness (QED) is 0.888. The number of nitrogens with one attached hydrogen (secondary N) is 1. The largest absolute Gasteiger partial charge is 0.396 e. The first-order chi connectivity index (χ1) is 9.78. The maximum Gasteiger partial charge on any atom is 0.323 e. The van der Waals surface area contributed by atoms with Gasteiger partial charge in [0.1, 0.15) is 0 Å². The maximum absolute atomic E-state index is 12.3. The molecule has 1 fully saturated rings. The van der Waals surface area contributed by atoms with Crippen LogP contribution >= 0.6 is 11.3 Å². The lowest BCUT2D eigenvalue weighted by Crippen LogP contribution is -2.39. The second-order valence-electron chi connectivity index (χ2n) is 5.12. The Morgan fingerprint density at radius 3 is 3.30 bits per heavy atom. The highest BCUT2D eigenvalue weighted by molar-refractivity contribution is 7.15. The number of carbonyl (C=O) groups is 1. The molecule has 1 aromatic rings. The van der Waals surface area contributed by atoms with E-state index < -0.39 is 0 Å². The van der Waals surface area contributed by atoms with Crippen LogP contribution in [0, 0.1) is 0 Å². The number of anilines is 1. The Bertz CT molecular complexity index is 468. The van der Waals surface area contributed by atoms with Gasteiger partial charge in [0, 0.05) is 25.6 Å². The molecule has 0 aliphatic carbocycles. The Morgan fingerprint density at radius 1 is 1.60 bits per heavy atom. The summed E-state index contributed by atoms with van der Waals surface area (Å²) in [7, 11) is 0. The van der Waals surface area contributed by atoms with Crippen molar-refractivity contribution in [1.82, 2.24) is 9.88 Å². The van der Waals surface area contributed by atoms with E-state index in [9.17, 15) is 4.79 Å². The van der Waals surface area contributed by atoms with Gasteiger partial charge in [-0.3, -0.25) is 5.32 Å². The number of amides is 2. The molecule has 1 aromatic heterocycles. The van der Waals surface area contributed by atoms with Crippen LogP contribution in [0.4, 0.5) is 9.93 Å². The van der Waals surface area contributed by atoms with E-state index in [1.165, 1.54) is 11.3 Å². The third-order valence-electron chi connectivity index (χ3n) is 3.81. The van der Waals surface area contributed by atoms with E-state index in [-0.39, 0.29) is 18.7 Å². The van der Waals surface area contributed by atoms with Crippen LogP contribution in [0.25, 0.3) is 0 Å². The summed E-state index contributed by atoms with van der Waals surface area (Å²) in [6.45, 7) is 2.18. The minimum absolute atomic E-state index is 0.104. The molecule has 20 heavy (non-hydrogen) atoms. The number of likely N-dealkylation sites (tertiary alicyclic amines) is 1. The Labute approximate surface area is 121 Å². The SMILES string of the molecule is O=C(Nc1nc2c(s1)COCC2)N1CCCC1CCO. The fraction of sp³-hybridized carbons (Fsp3) is 0.692. The molecule has 110 valence electrons. The standard InChI is InChI=1S/C13H19N3O3S/c17-6-3-9-2-1-5-16(9)13(18)15-12-14-10-4-7-19-8-11(10)20-12/h9,17H,1-8H2,(H,14,15,18). The summed E-state index contributed by atoms with van der Waals surface area (Å²) >= 11 is 1.49. The molecule has 6 nitrogen and oxygen atoms in total. The Kier molecular flexibility index (Phi) is 4.18. The van der Waals surface area contributed by atoms with Gasteiger partial charge in [0.15, 0.2) is 5.13 Å². The van der Waals surface area contributed by atoms with Crippen molar-refractivity contribution in [3.8, 4) is 0 Å². The second-order valence-corrected chi connectivity index (χ2v) is 6.21. The van der Waals surface area contributed by atoms with Gasteiger partial charge in [-0.2, -0.15) is 0 Å². The molecular weight excluding hydrogens is 278 g/mol. The maximum atomic E-state index is 12.3. The molecule has 7 heteroatoms. The average Bonchev–Trinajstić information content (AvgIpc) is 3.04. The van der Waals surface area contributed by atoms with Crippen molar-refractivity contribution in [2.24, 2.45) is 0 Å². The highest BCUT2D eigenvalue weighted by Crippen LogP contribution is 2.28. The Hall–Kier alpha value is -1.18. The van der Waals surface area contributed by atoms with Crippen LogP contribution in [0.1, 0.15) is 29.8 Å². The van der Waals surface area contributed by atoms with E-state index in [2.05, 4.69) is 10.3 Å². The smallest absolute Gasteiger partial charge is 0.323 e. The van der Waals surface area contributed by atoms with Gasteiger partial charge in [0.05, 0.1) is 23.8 Å². The molecule has 1 saturated heterocycles. The van der Waals surface area contributed by atoms with Gasteiger partial charge in [-0.15, -0.1) is 0 Å². The van der Waals surface area contributed by atoms with E-state index in [4.69, 9.17) is 9.84 Å². The summed E-state index contributed by atoms with van der Waals surface area (Å²) < 4.78 is 5.38. The minimum Gasteiger partial charge on any atom is -0.396 e. The Balaban J connectivity index is 1.65. The summed E-state index contributed by atoms with van der Waals surface area (Å²) in [4.78, 5) is 19.7. The molecule has 2 aliphatic rings. The number of aliphatic hydroxyl groups excluding tert-OH is 1. The van der Waals surface area contributed by atoms with E-state index in [0.717, 1.165) is 36.4 Å². The van der Waals surface area contributed by atoms with Gasteiger partial charge >= 0.3 is 6.03 Å². The number of urea groups is 1. The summed E-state index contributed by atoms with van der Waals surface area (Å²) in [6.07, 6.45) is 3.44. The Morgan fingerprint density at radius 2 is 2.50 bits per heavy atom. The van der Waals surface area contributed by atoms with E-state index in [0.29, 0.717) is 24.8 Å². The van der Waals surface area contributed by atoms with Crippen molar-refractivity contribution >= 4 is 22.5 Å². The zero-order chi connectivity index (χ0) is 13.9. The van der Waals surface area contributed by atoms with Gasteiger partial charge in [0.2, 0.25) is 0 Å². The van der Waals surface area contributed by atoms with E-state index in [1.54, 1.807) is 0 Å². The number of ether oxygens (including phenoxy) is 1. The first-order valence-corrected chi connectivity index (χ1v) is 7.84. The van der Waals surface area contributed by atoms with Gasteiger partial charge in [0.25, 0.3) is 0 Å². The van der Waals surface area contributed by atoms with Crippen molar-refractivity contribution in [3.05, 3.63) is 10.6 Å². The molecule has 0 aromatic carbocycles. The van der Waals surface area contributed by atoms with Crippen LogP contribution in [-0.4, -0.2) is 46.8 Å². The number of hydrogen-bond donors (Lipinski definition) is 2. The van der Waals surface area contributed by atoms with Crippen LogP contribution in [0.3, 0.4) is 0 Å². The molecule has 0 radical (unpaired) electrons. The van der Waals surface area contributed by atoms with Crippen molar-refractivity contribution in [1.29, 1.82) is 0 Å². The lowest BCUT2D eigenvalue weighted by atomic mass is 10.1. The van der Waals surface area contributed by atoms with Crippen molar-refractivity contribution in [2.45, 2.75) is 38.3 Å². The van der Waals surface area contributed by atoms with Crippen LogP contribution in [0.15, 0.2) is 0 Å². The van der Waals surface area contributed by atoms with Crippen molar-refractivity contribution in [2.75, 3.05) is 25.1 Å². The third-order valence-corrected chi connectivity index (χ3v) is 4.80. The molecular formula is C13H19N3O3S. The summed E-state index contributed by atoms with van der Waals surface area (Å²) in [5.41, 5.74) is 1.05. The predicted molar refractivity (Wildman–Crippen MR) is 75.9 cm³/mol. The number of thiazole rings is 1. The monoisotopic (exact) mass is 297 g/mol. The van der Waals surface area contributed by atoms with E-state index in [1.807, 2.05) is 4.90 Å². The van der Waals surface area contributed by atoms with Gasteiger partial charge < -0.3 is 14.7 Å². The van der Waals surface area contributed by atoms with Crippen LogP contribution < -0.4 is 5.32 Å². The van der Waals surface area contributed by atoms with Crippen LogP contribution in [0.5, 0.6) is 0 Å². The topological polar surface area (TPSA) is 74.7 Å². The fourth-order valence-corrected chi connectivity index (χ4v) is 3.73. The van der Waals surface area contributed by atoms with Crippen LogP contribution in [-0.2, 0) is 17.8 Å². The highest BCUT2D eigenvalue weighted by atomic mass is 32.1. The van der Waals surface area contributed by atoms with Gasteiger partial charge in [-0.25, -0.2) is 9.78 Å². The molecule has 0 saturated carbocycles. The number of aromatic nitrogens is 1. The number of rotatable bonds is 3. The summed E-state index contributed by atoms with van der Waals surface area (Å²) in [6, 6.07) is 0.0471. The lowest BCUT2D eigenvalue weighted by Gasteiger charge is -2.23. The zero-order valence-electron chi connectivity index (χ0n) is 11.3. The first-order valence-electron chi connectivity index (χ1n) is 7.02. The number of aliphatic hydroxyl groups is 1. The number of carbonyl (C=O) groups excluding carboxylic acids is 1. The molecule has 3 rings (SSSR count). The second kappa shape index (κ2) is 6.07. The average molecular weight is 297 g/mol. The molecule has 2 amide bonds. The number of fused-ring (bicyclic) bond motifs is 1. The lowest BCUT2D eigenvalue weighted by molar-refractivity contribution is 0.112. The third kappa shape index (κ3) is 2.79. The van der Waals surface area contributed by atoms with Gasteiger partial charge in [-0.1, -0.05) is 11.3 Å². The predicted octanol–water partition coefficient (Wildman–Crippen LogP) is 1.59. The van der Waals surface area contributed by atoms with Crippen LogP contribution in [0.2, 0.25) is 0 Å². The minimum atomic E-state index is -0.104. The molecule has 2 N–H and O–H groups in total. The first kappa shape index (κ1) is 13.8. The van der Waals surface area contributed by atoms with Crippen molar-refractivity contribution < 1.29 is 14.6 Å². The number of nitrogens with zero attached hydrogens (tertiary/aromatic N) is 2. The molecule has 1 unspecified atom stereocenters. The molecule has 0 bridgehead atoms. The molecule has 1 atom stereocenters. The van der Waals surface area contributed by atoms with E-state index >= 15 is 0 Å². The number of hydrogen-bond acceptors (Lipinski definition) is 5. The molecule has 0 spiro atoms. The summed E-state index contributed by atoms with van der Waals surface area (Å²) in [5, 5.41) is 12.6. The van der Waals surface area contributed by atoms with Gasteiger partial charge in [-0.05, 0) is 19.3 Å². The normalized spacial score (nSPS) is 21.9. The van der Waals surface area contributed by atoms with Crippen molar-refractivity contribution in [3.63, 3.8) is 0 Å². The fourth-order valence-electron chi connectivity index (χ4n) is 2.79. The zero-order valence-corrected chi connectivity index (χ0v) is 12.1. The molecule has 3 heterocycles. The summed E-state index contributed by atoms with van der Waals surface area (Å²) in [5.74, 6) is 0.